The van der Waals surface area contributed by atoms with E-state index < -0.39 is 22.8 Å². The summed E-state index contributed by atoms with van der Waals surface area (Å²) in [6.45, 7) is 4.05. The lowest BCUT2D eigenvalue weighted by Gasteiger charge is -2.24. The first-order chi connectivity index (χ1) is 16.5. The largest absolute Gasteiger partial charge is 0.429 e. The van der Waals surface area contributed by atoms with Crippen molar-refractivity contribution in [3.05, 3.63) is 47.1 Å². The third-order valence-electron chi connectivity index (χ3n) is 5.15. The number of pyridine rings is 1. The van der Waals surface area contributed by atoms with Crippen molar-refractivity contribution in [2.24, 2.45) is 0 Å². The van der Waals surface area contributed by atoms with E-state index in [2.05, 4.69) is 29.9 Å². The van der Waals surface area contributed by atoms with Gasteiger partial charge in [-0.25, -0.2) is 4.98 Å². The Hall–Kier alpha value is -3.55. The average molecular weight is 513 g/mol. The molecule has 35 heavy (non-hydrogen) atoms. The molecule has 1 aromatic carbocycles. The van der Waals surface area contributed by atoms with Gasteiger partial charge in [-0.2, -0.15) is 31.3 Å². The standard InChI is InChI=1S/C21H17F6N7S/c1-3-34(4-2)18-13(20(22,23)24)10-29-19(31-18)30-14-7-8-28-15-9-11(5-6-12(14)15)16-17(21(25,26)27)35-33-32-16/h5-10H,3-4H2,1-2H3,(H,28,29,30,31). The first kappa shape index (κ1) is 24.6. The Morgan fingerprint density at radius 2 is 1.71 bits per heavy atom. The van der Waals surface area contributed by atoms with E-state index in [4.69, 9.17) is 0 Å². The Morgan fingerprint density at radius 3 is 2.37 bits per heavy atom. The number of nitrogens with zero attached hydrogens (tertiary/aromatic N) is 6. The fourth-order valence-electron chi connectivity index (χ4n) is 3.49. The molecule has 0 unspecified atom stereocenters. The molecule has 0 fully saturated rings. The van der Waals surface area contributed by atoms with Crippen molar-refractivity contribution in [1.29, 1.82) is 0 Å². The van der Waals surface area contributed by atoms with Crippen molar-refractivity contribution >= 4 is 39.9 Å². The van der Waals surface area contributed by atoms with Gasteiger partial charge in [-0.15, -0.1) is 5.10 Å². The normalized spacial score (nSPS) is 12.2. The lowest BCUT2D eigenvalue weighted by molar-refractivity contribution is -0.137. The third kappa shape index (κ3) is 4.97. The minimum Gasteiger partial charge on any atom is -0.357 e. The van der Waals surface area contributed by atoms with Crippen molar-refractivity contribution in [3.63, 3.8) is 0 Å². The number of anilines is 3. The van der Waals surface area contributed by atoms with Gasteiger partial charge in [0.15, 0.2) is 4.88 Å². The van der Waals surface area contributed by atoms with Crippen molar-refractivity contribution in [2.45, 2.75) is 26.2 Å². The zero-order valence-corrected chi connectivity index (χ0v) is 19.1. The topological polar surface area (TPSA) is 79.7 Å². The Morgan fingerprint density at radius 1 is 0.971 bits per heavy atom. The molecule has 3 aromatic heterocycles. The van der Waals surface area contributed by atoms with Crippen LogP contribution in [0.15, 0.2) is 36.7 Å². The Labute approximate surface area is 199 Å². The quantitative estimate of drug-likeness (QED) is 0.309. The molecule has 0 aliphatic carbocycles. The maximum atomic E-state index is 13.5. The maximum Gasteiger partial charge on any atom is 0.429 e. The Kier molecular flexibility index (Phi) is 6.49. The summed E-state index contributed by atoms with van der Waals surface area (Å²) in [6.07, 6.45) is -7.10. The molecule has 0 radical (unpaired) electrons. The molecule has 14 heteroatoms. The SMILES string of the molecule is CCN(CC)c1nc(Nc2ccnc3cc(-c4nnsc4C(F)(F)F)ccc23)ncc1C(F)(F)F. The fourth-order valence-corrected chi connectivity index (χ4v) is 4.04. The molecular formula is C21H17F6N7S. The van der Waals surface area contributed by atoms with Crippen LogP contribution >= 0.6 is 11.5 Å². The number of fused-ring (bicyclic) bond motifs is 1. The van der Waals surface area contributed by atoms with E-state index in [0.29, 0.717) is 29.7 Å². The van der Waals surface area contributed by atoms with Gasteiger partial charge >= 0.3 is 12.4 Å². The van der Waals surface area contributed by atoms with Crippen LogP contribution < -0.4 is 10.2 Å². The van der Waals surface area contributed by atoms with E-state index in [9.17, 15) is 26.3 Å². The van der Waals surface area contributed by atoms with Crippen molar-refractivity contribution in [3.8, 4) is 11.3 Å². The molecule has 4 rings (SSSR count). The van der Waals surface area contributed by atoms with Crippen molar-refractivity contribution < 1.29 is 26.3 Å². The van der Waals surface area contributed by atoms with Crippen LogP contribution in [0.25, 0.3) is 22.2 Å². The minimum atomic E-state index is -4.63. The van der Waals surface area contributed by atoms with Crippen LogP contribution in [0, 0.1) is 0 Å². The van der Waals surface area contributed by atoms with E-state index in [-0.39, 0.29) is 34.6 Å². The molecule has 3 heterocycles. The number of rotatable bonds is 6. The predicted molar refractivity (Wildman–Crippen MR) is 120 cm³/mol. The number of nitrogens with one attached hydrogen (secondary N) is 1. The number of hydrogen-bond acceptors (Lipinski definition) is 8. The van der Waals surface area contributed by atoms with E-state index in [1.54, 1.807) is 19.9 Å². The number of halogens is 6. The molecule has 0 amide bonds. The summed E-state index contributed by atoms with van der Waals surface area (Å²) in [5.41, 5.74) is -0.325. The molecule has 4 aromatic rings. The van der Waals surface area contributed by atoms with Crippen LogP contribution in [-0.4, -0.2) is 37.6 Å². The summed E-state index contributed by atoms with van der Waals surface area (Å²) in [6, 6.07) is 5.97. The number of hydrogen-bond donors (Lipinski definition) is 1. The van der Waals surface area contributed by atoms with Crippen molar-refractivity contribution in [2.75, 3.05) is 23.3 Å². The van der Waals surface area contributed by atoms with Crippen molar-refractivity contribution in [1.82, 2.24) is 24.5 Å². The van der Waals surface area contributed by atoms with Gasteiger partial charge in [0, 0.05) is 36.4 Å². The van der Waals surface area contributed by atoms with Gasteiger partial charge in [-0.05, 0) is 37.5 Å². The van der Waals surface area contributed by atoms with Gasteiger partial charge in [-0.3, -0.25) is 4.98 Å². The monoisotopic (exact) mass is 513 g/mol. The summed E-state index contributed by atoms with van der Waals surface area (Å²) >= 11 is 0.252. The molecule has 7 nitrogen and oxygen atoms in total. The van der Waals surface area contributed by atoms with Crippen LogP contribution in [-0.2, 0) is 12.4 Å². The number of aromatic nitrogens is 5. The van der Waals surface area contributed by atoms with E-state index in [1.165, 1.54) is 29.3 Å². The van der Waals surface area contributed by atoms with E-state index in [0.717, 1.165) is 6.20 Å². The smallest absolute Gasteiger partial charge is 0.357 e. The number of alkyl halides is 6. The Bertz CT molecular complexity index is 1350. The van der Waals surface area contributed by atoms with Gasteiger partial charge < -0.3 is 10.2 Å². The lowest BCUT2D eigenvalue weighted by atomic mass is 10.1. The summed E-state index contributed by atoms with van der Waals surface area (Å²) in [7, 11) is 0. The maximum absolute atomic E-state index is 13.5. The molecule has 1 N–H and O–H groups in total. The van der Waals surface area contributed by atoms with Crippen LogP contribution in [0.4, 0.5) is 43.8 Å². The zero-order valence-electron chi connectivity index (χ0n) is 18.2. The van der Waals surface area contributed by atoms with Gasteiger partial charge in [0.05, 0.1) is 11.2 Å². The first-order valence-electron chi connectivity index (χ1n) is 10.3. The molecule has 0 bridgehead atoms. The summed E-state index contributed by atoms with van der Waals surface area (Å²) in [5.74, 6) is -0.323. The van der Waals surface area contributed by atoms with Gasteiger partial charge in [0.25, 0.3) is 0 Å². The van der Waals surface area contributed by atoms with Gasteiger partial charge in [0.1, 0.15) is 17.1 Å². The van der Waals surface area contributed by atoms with Crippen LogP contribution in [0.1, 0.15) is 24.3 Å². The zero-order chi connectivity index (χ0) is 25.4. The van der Waals surface area contributed by atoms with Gasteiger partial charge in [-0.1, -0.05) is 16.6 Å². The second-order valence-corrected chi connectivity index (χ2v) is 8.02. The predicted octanol–water partition coefficient (Wildman–Crippen LogP) is 6.17. The molecule has 0 aliphatic rings. The van der Waals surface area contributed by atoms with E-state index in [1.807, 2.05) is 0 Å². The second kappa shape index (κ2) is 9.24. The molecule has 0 aliphatic heterocycles. The average Bonchev–Trinajstić information content (AvgIpc) is 3.30. The summed E-state index contributed by atoms with van der Waals surface area (Å²) in [4.78, 5) is 12.7. The highest BCUT2D eigenvalue weighted by Gasteiger charge is 2.38. The molecule has 0 saturated heterocycles. The highest BCUT2D eigenvalue weighted by atomic mass is 32.1. The number of benzene rings is 1. The lowest BCUT2D eigenvalue weighted by Crippen LogP contribution is -2.27. The van der Waals surface area contributed by atoms with Crippen LogP contribution in [0.5, 0.6) is 0 Å². The molecule has 0 saturated carbocycles. The summed E-state index contributed by atoms with van der Waals surface area (Å²) < 4.78 is 83.6. The summed E-state index contributed by atoms with van der Waals surface area (Å²) in [5, 5.41) is 7.01. The highest BCUT2D eigenvalue weighted by Crippen LogP contribution is 2.39. The molecule has 0 atom stereocenters. The minimum absolute atomic E-state index is 0.0699. The highest BCUT2D eigenvalue weighted by molar-refractivity contribution is 7.06. The fraction of sp³-hybridized carbons (Fsp3) is 0.286. The van der Waals surface area contributed by atoms with Crippen LogP contribution in [0.2, 0.25) is 0 Å². The Balaban J connectivity index is 1.73. The third-order valence-corrected chi connectivity index (χ3v) is 5.92. The molecule has 0 spiro atoms. The van der Waals surface area contributed by atoms with Crippen LogP contribution in [0.3, 0.4) is 0 Å². The van der Waals surface area contributed by atoms with E-state index >= 15 is 0 Å². The second-order valence-electron chi connectivity index (χ2n) is 7.26. The van der Waals surface area contributed by atoms with Gasteiger partial charge in [0.2, 0.25) is 5.95 Å². The molecular weight excluding hydrogens is 496 g/mol. The first-order valence-corrected chi connectivity index (χ1v) is 11.0. The molecule has 184 valence electrons.